The van der Waals surface area contributed by atoms with Crippen molar-refractivity contribution in [2.45, 2.75) is 12.5 Å². The molecule has 2 aromatic carbocycles. The fraction of sp³-hybridized carbons (Fsp3) is 0.174. The molecule has 29 heavy (non-hydrogen) atoms. The molecule has 0 bridgehead atoms. The Morgan fingerprint density at radius 3 is 2.48 bits per heavy atom. The van der Waals surface area contributed by atoms with Gasteiger partial charge >= 0.3 is 5.97 Å². The van der Waals surface area contributed by atoms with E-state index in [-0.39, 0.29) is 31.4 Å². The molecule has 0 radical (unpaired) electrons. The monoisotopic (exact) mass is 388 g/mol. The minimum absolute atomic E-state index is 0.0320. The molecule has 6 nitrogen and oxygen atoms in total. The largest absolute Gasteiger partial charge is 0.482 e. The summed E-state index contributed by atoms with van der Waals surface area (Å²) in [7, 11) is 0. The number of aromatic nitrogens is 1. The molecule has 6 heteroatoms. The van der Waals surface area contributed by atoms with Crippen molar-refractivity contribution in [1.82, 2.24) is 4.98 Å². The quantitative estimate of drug-likeness (QED) is 0.604. The second kappa shape index (κ2) is 8.56. The van der Waals surface area contributed by atoms with E-state index in [1.54, 1.807) is 17.3 Å². The fourth-order valence-electron chi connectivity index (χ4n) is 3.29. The fourth-order valence-corrected chi connectivity index (χ4v) is 3.29. The SMILES string of the molecule is O=C(CCN1C(=O)COc2ccccc21)OC(c1ccccc1)c1ccncc1. The first kappa shape index (κ1) is 18.7. The zero-order chi connectivity index (χ0) is 20.1. The van der Waals surface area contributed by atoms with Gasteiger partial charge in [0.05, 0.1) is 12.1 Å². The number of rotatable bonds is 6. The van der Waals surface area contributed by atoms with Gasteiger partial charge in [0.15, 0.2) is 12.7 Å². The summed E-state index contributed by atoms with van der Waals surface area (Å²) in [5, 5.41) is 0. The smallest absolute Gasteiger partial charge is 0.308 e. The van der Waals surface area contributed by atoms with Crippen molar-refractivity contribution in [1.29, 1.82) is 0 Å². The number of benzene rings is 2. The van der Waals surface area contributed by atoms with Gasteiger partial charge in [-0.05, 0) is 29.8 Å². The lowest BCUT2D eigenvalue weighted by molar-refractivity contribution is -0.147. The molecule has 0 N–H and O–H groups in total. The van der Waals surface area contributed by atoms with E-state index in [1.165, 1.54) is 0 Å². The molecule has 2 heterocycles. The lowest BCUT2D eigenvalue weighted by Gasteiger charge is -2.29. The third-order valence-electron chi connectivity index (χ3n) is 4.71. The van der Waals surface area contributed by atoms with Crippen LogP contribution in [-0.4, -0.2) is 30.0 Å². The maximum absolute atomic E-state index is 12.7. The highest BCUT2D eigenvalue weighted by Gasteiger charge is 2.26. The predicted molar refractivity (Wildman–Crippen MR) is 108 cm³/mol. The highest BCUT2D eigenvalue weighted by atomic mass is 16.5. The van der Waals surface area contributed by atoms with Crippen LogP contribution >= 0.6 is 0 Å². The molecule has 3 aromatic rings. The zero-order valence-electron chi connectivity index (χ0n) is 15.7. The molecule has 1 aromatic heterocycles. The number of nitrogens with zero attached hydrogens (tertiary/aromatic N) is 2. The number of carbonyl (C=O) groups is 2. The summed E-state index contributed by atoms with van der Waals surface area (Å²) in [5.41, 5.74) is 2.39. The van der Waals surface area contributed by atoms with E-state index in [0.717, 1.165) is 11.1 Å². The molecule has 1 aliphatic rings. The standard InChI is InChI=1S/C23H20N2O4/c26-21-16-28-20-9-5-4-8-19(20)25(21)15-12-22(27)29-23(17-6-2-1-3-7-17)18-10-13-24-14-11-18/h1-11,13-14,23H,12,15-16H2. The molecule has 0 spiro atoms. The van der Waals surface area contributed by atoms with Crippen LogP contribution in [0.25, 0.3) is 0 Å². The van der Waals surface area contributed by atoms with E-state index >= 15 is 0 Å². The summed E-state index contributed by atoms with van der Waals surface area (Å²) in [6, 6.07) is 20.5. The van der Waals surface area contributed by atoms with E-state index in [9.17, 15) is 9.59 Å². The molecule has 1 aliphatic heterocycles. The number of amides is 1. The summed E-state index contributed by atoms with van der Waals surface area (Å²) >= 11 is 0. The number of anilines is 1. The van der Waals surface area contributed by atoms with E-state index in [2.05, 4.69) is 4.98 Å². The van der Waals surface area contributed by atoms with Gasteiger partial charge in [-0.15, -0.1) is 0 Å². The molecule has 1 unspecified atom stereocenters. The Hall–Kier alpha value is -3.67. The van der Waals surface area contributed by atoms with Crippen molar-refractivity contribution in [3.63, 3.8) is 0 Å². The van der Waals surface area contributed by atoms with Crippen molar-refractivity contribution < 1.29 is 19.1 Å². The minimum Gasteiger partial charge on any atom is -0.482 e. The first-order valence-corrected chi connectivity index (χ1v) is 9.39. The molecule has 1 amide bonds. The number of ether oxygens (including phenoxy) is 2. The Morgan fingerprint density at radius 1 is 1.00 bits per heavy atom. The summed E-state index contributed by atoms with van der Waals surface area (Å²) in [6.45, 7) is 0.200. The first-order chi connectivity index (χ1) is 14.2. The lowest BCUT2D eigenvalue weighted by atomic mass is 10.0. The number of pyridine rings is 1. The number of esters is 1. The summed E-state index contributed by atoms with van der Waals surface area (Å²) in [5.74, 6) is 0.0806. The molecule has 1 atom stereocenters. The first-order valence-electron chi connectivity index (χ1n) is 9.39. The lowest BCUT2D eigenvalue weighted by Crippen LogP contribution is -2.40. The molecular formula is C23H20N2O4. The van der Waals surface area contributed by atoms with Crippen molar-refractivity contribution in [2.24, 2.45) is 0 Å². The third kappa shape index (κ3) is 4.27. The van der Waals surface area contributed by atoms with Gasteiger partial charge in [-0.3, -0.25) is 14.6 Å². The average Bonchev–Trinajstić information content (AvgIpc) is 2.78. The van der Waals surface area contributed by atoms with Gasteiger partial charge in [-0.2, -0.15) is 0 Å². The third-order valence-corrected chi connectivity index (χ3v) is 4.71. The van der Waals surface area contributed by atoms with Crippen molar-refractivity contribution in [3.05, 3.63) is 90.3 Å². The molecular weight excluding hydrogens is 368 g/mol. The van der Waals surface area contributed by atoms with Crippen LogP contribution in [0.15, 0.2) is 79.1 Å². The number of para-hydroxylation sites is 2. The Kier molecular flexibility index (Phi) is 5.52. The summed E-state index contributed by atoms with van der Waals surface area (Å²) < 4.78 is 11.2. The number of carbonyl (C=O) groups excluding carboxylic acids is 2. The highest BCUT2D eigenvalue weighted by molar-refractivity contribution is 5.98. The zero-order valence-corrected chi connectivity index (χ0v) is 15.7. The van der Waals surface area contributed by atoms with Crippen molar-refractivity contribution >= 4 is 17.6 Å². The maximum Gasteiger partial charge on any atom is 0.308 e. The number of hydrogen-bond donors (Lipinski definition) is 0. The maximum atomic E-state index is 12.7. The van der Waals surface area contributed by atoms with E-state index in [0.29, 0.717) is 11.4 Å². The van der Waals surface area contributed by atoms with Gasteiger partial charge in [0.25, 0.3) is 5.91 Å². The number of fused-ring (bicyclic) bond motifs is 1. The second-order valence-corrected chi connectivity index (χ2v) is 6.61. The van der Waals surface area contributed by atoms with E-state index in [4.69, 9.17) is 9.47 Å². The summed E-state index contributed by atoms with van der Waals surface area (Å²) in [4.78, 5) is 30.5. The number of hydrogen-bond acceptors (Lipinski definition) is 5. The van der Waals surface area contributed by atoms with Gasteiger partial charge in [0.2, 0.25) is 0 Å². The molecule has 146 valence electrons. The van der Waals surface area contributed by atoms with Crippen LogP contribution in [0.2, 0.25) is 0 Å². The van der Waals surface area contributed by atoms with Crippen molar-refractivity contribution in [3.8, 4) is 5.75 Å². The van der Waals surface area contributed by atoms with Crippen molar-refractivity contribution in [2.75, 3.05) is 18.1 Å². The van der Waals surface area contributed by atoms with Gasteiger partial charge in [-0.1, -0.05) is 42.5 Å². The van der Waals surface area contributed by atoms with Crippen LogP contribution in [0.5, 0.6) is 5.75 Å². The van der Waals surface area contributed by atoms with Gasteiger partial charge in [0, 0.05) is 24.5 Å². The van der Waals surface area contributed by atoms with Crippen LogP contribution in [0.4, 0.5) is 5.69 Å². The summed E-state index contributed by atoms with van der Waals surface area (Å²) in [6.07, 6.45) is 2.89. The Bertz CT molecular complexity index is 953. The van der Waals surface area contributed by atoms with Gasteiger partial charge in [0.1, 0.15) is 5.75 Å². The molecule has 0 saturated heterocycles. The molecule has 0 saturated carbocycles. The van der Waals surface area contributed by atoms with E-state index < -0.39 is 6.10 Å². The molecule has 0 aliphatic carbocycles. The topological polar surface area (TPSA) is 68.7 Å². The van der Waals surface area contributed by atoms with Crippen LogP contribution < -0.4 is 9.64 Å². The van der Waals surface area contributed by atoms with Gasteiger partial charge < -0.3 is 14.4 Å². The van der Waals surface area contributed by atoms with Gasteiger partial charge in [-0.25, -0.2) is 0 Å². The predicted octanol–water partition coefficient (Wildman–Crippen LogP) is 3.53. The van der Waals surface area contributed by atoms with E-state index in [1.807, 2.05) is 66.7 Å². The average molecular weight is 388 g/mol. The van der Waals surface area contributed by atoms with Crippen LogP contribution in [-0.2, 0) is 14.3 Å². The minimum atomic E-state index is -0.528. The molecule has 0 fully saturated rings. The van der Waals surface area contributed by atoms with Crippen LogP contribution in [0, 0.1) is 0 Å². The highest BCUT2D eigenvalue weighted by Crippen LogP contribution is 2.32. The van der Waals surface area contributed by atoms with Crippen LogP contribution in [0.1, 0.15) is 23.7 Å². The Balaban J connectivity index is 1.47. The normalized spacial score (nSPS) is 13.9. The van der Waals surface area contributed by atoms with Crippen LogP contribution in [0.3, 0.4) is 0 Å². The Labute approximate surface area is 168 Å². The Morgan fingerprint density at radius 2 is 1.69 bits per heavy atom. The molecule has 4 rings (SSSR count). The second-order valence-electron chi connectivity index (χ2n) is 6.61.